The molecule has 1 aromatic carbocycles. The predicted octanol–water partition coefficient (Wildman–Crippen LogP) is 3.82. The van der Waals surface area contributed by atoms with E-state index < -0.39 is 0 Å². The van der Waals surface area contributed by atoms with Gasteiger partial charge in [0.25, 0.3) is 0 Å². The molecule has 0 saturated heterocycles. The fraction of sp³-hybridized carbons (Fsp3) is 0.438. The van der Waals surface area contributed by atoms with Gasteiger partial charge in [0.15, 0.2) is 5.78 Å². The summed E-state index contributed by atoms with van der Waals surface area (Å²) in [5.74, 6) is 1.85. The number of carbonyl (C=O) groups excluding carboxylic acids is 1. The van der Waals surface area contributed by atoms with Crippen LogP contribution in [0.1, 0.15) is 49.7 Å². The van der Waals surface area contributed by atoms with Crippen molar-refractivity contribution in [3.63, 3.8) is 0 Å². The topological polar surface area (TPSA) is 26.3 Å². The van der Waals surface area contributed by atoms with Crippen LogP contribution < -0.4 is 4.74 Å². The van der Waals surface area contributed by atoms with Crippen molar-refractivity contribution in [3.05, 3.63) is 41.5 Å². The predicted molar refractivity (Wildman–Crippen MR) is 73.2 cm³/mol. The minimum Gasteiger partial charge on any atom is -0.496 e. The molecule has 1 aliphatic rings. The van der Waals surface area contributed by atoms with Gasteiger partial charge in [0.05, 0.1) is 7.11 Å². The third kappa shape index (κ3) is 2.33. The average molecular weight is 244 g/mol. The Morgan fingerprint density at radius 1 is 1.33 bits per heavy atom. The van der Waals surface area contributed by atoms with E-state index in [2.05, 4.69) is 32.6 Å². The zero-order valence-corrected chi connectivity index (χ0v) is 11.3. The Bertz CT molecular complexity index is 470. The fourth-order valence-electron chi connectivity index (χ4n) is 2.55. The monoisotopic (exact) mass is 244 g/mol. The molecule has 1 fully saturated rings. The minimum absolute atomic E-state index is 0.210. The lowest BCUT2D eigenvalue weighted by atomic mass is 9.92. The van der Waals surface area contributed by atoms with Crippen LogP contribution in [-0.2, 0) is 4.79 Å². The van der Waals surface area contributed by atoms with E-state index in [1.165, 1.54) is 11.1 Å². The van der Waals surface area contributed by atoms with E-state index in [1.54, 1.807) is 7.11 Å². The summed E-state index contributed by atoms with van der Waals surface area (Å²) in [5.41, 5.74) is 3.20. The highest BCUT2D eigenvalue weighted by atomic mass is 16.5. The van der Waals surface area contributed by atoms with E-state index >= 15 is 0 Å². The molecule has 1 aromatic rings. The summed E-state index contributed by atoms with van der Waals surface area (Å²) in [4.78, 5) is 11.6. The van der Waals surface area contributed by atoms with Gasteiger partial charge in [0.2, 0.25) is 0 Å². The van der Waals surface area contributed by atoms with Crippen LogP contribution in [0.4, 0.5) is 0 Å². The first-order valence-corrected chi connectivity index (χ1v) is 6.41. The molecule has 1 atom stereocenters. The van der Waals surface area contributed by atoms with Crippen LogP contribution in [0, 0.1) is 0 Å². The molecule has 0 aliphatic heterocycles. The molecule has 0 aromatic heterocycles. The maximum Gasteiger partial charge on any atom is 0.158 e. The quantitative estimate of drug-likeness (QED) is 0.755. The third-order valence-corrected chi connectivity index (χ3v) is 3.67. The van der Waals surface area contributed by atoms with Crippen molar-refractivity contribution in [2.75, 3.05) is 7.11 Å². The second-order valence-electron chi connectivity index (χ2n) is 5.29. The molecule has 1 unspecified atom stereocenters. The molecular formula is C16H20O2. The SMILES string of the molecule is C=C1CC(c2ccc(OC)c(C(C)C)c2)CC1=O. The van der Waals surface area contributed by atoms with E-state index in [-0.39, 0.29) is 5.78 Å². The maximum absolute atomic E-state index is 11.6. The zero-order valence-electron chi connectivity index (χ0n) is 11.3. The Morgan fingerprint density at radius 2 is 2.06 bits per heavy atom. The highest BCUT2D eigenvalue weighted by Gasteiger charge is 2.27. The number of hydrogen-bond donors (Lipinski definition) is 0. The summed E-state index contributed by atoms with van der Waals surface area (Å²) < 4.78 is 5.38. The van der Waals surface area contributed by atoms with Gasteiger partial charge in [-0.15, -0.1) is 0 Å². The average Bonchev–Trinajstić information content (AvgIpc) is 2.68. The summed E-state index contributed by atoms with van der Waals surface area (Å²) in [6.07, 6.45) is 1.39. The second kappa shape index (κ2) is 4.97. The molecule has 0 spiro atoms. The zero-order chi connectivity index (χ0) is 13.3. The first-order chi connectivity index (χ1) is 8.52. The van der Waals surface area contributed by atoms with Gasteiger partial charge >= 0.3 is 0 Å². The van der Waals surface area contributed by atoms with E-state index in [9.17, 15) is 4.79 Å². The number of allylic oxidation sites excluding steroid dienone is 1. The van der Waals surface area contributed by atoms with Gasteiger partial charge < -0.3 is 4.74 Å². The van der Waals surface area contributed by atoms with E-state index in [0.717, 1.165) is 17.7 Å². The number of hydrogen-bond acceptors (Lipinski definition) is 2. The van der Waals surface area contributed by atoms with Gasteiger partial charge in [-0.2, -0.15) is 0 Å². The number of methoxy groups -OCH3 is 1. The highest BCUT2D eigenvalue weighted by molar-refractivity contribution is 5.97. The summed E-state index contributed by atoms with van der Waals surface area (Å²) in [7, 11) is 1.70. The van der Waals surface area contributed by atoms with Crippen LogP contribution in [-0.4, -0.2) is 12.9 Å². The van der Waals surface area contributed by atoms with E-state index in [1.807, 2.05) is 6.07 Å². The molecule has 0 radical (unpaired) electrons. The highest BCUT2D eigenvalue weighted by Crippen LogP contribution is 2.37. The van der Waals surface area contributed by atoms with Crippen LogP contribution in [0.2, 0.25) is 0 Å². The van der Waals surface area contributed by atoms with Gasteiger partial charge in [0, 0.05) is 6.42 Å². The fourth-order valence-corrected chi connectivity index (χ4v) is 2.55. The molecule has 0 heterocycles. The third-order valence-electron chi connectivity index (χ3n) is 3.67. The molecule has 0 bridgehead atoms. The molecule has 1 aliphatic carbocycles. The maximum atomic E-state index is 11.6. The van der Waals surface area contributed by atoms with Crippen LogP contribution >= 0.6 is 0 Å². The number of carbonyl (C=O) groups is 1. The Morgan fingerprint density at radius 3 is 2.56 bits per heavy atom. The van der Waals surface area contributed by atoms with Crippen molar-refractivity contribution >= 4 is 5.78 Å². The van der Waals surface area contributed by atoms with Crippen molar-refractivity contribution < 1.29 is 9.53 Å². The van der Waals surface area contributed by atoms with E-state index in [0.29, 0.717) is 18.3 Å². The summed E-state index contributed by atoms with van der Waals surface area (Å²) in [6.45, 7) is 8.13. The smallest absolute Gasteiger partial charge is 0.158 e. The Labute approximate surface area is 109 Å². The second-order valence-corrected chi connectivity index (χ2v) is 5.29. The van der Waals surface area contributed by atoms with Gasteiger partial charge in [0.1, 0.15) is 5.75 Å². The lowest BCUT2D eigenvalue weighted by Gasteiger charge is -2.16. The van der Waals surface area contributed by atoms with Gasteiger partial charge in [-0.25, -0.2) is 0 Å². The molecule has 96 valence electrons. The molecular weight excluding hydrogens is 224 g/mol. The van der Waals surface area contributed by atoms with Crippen molar-refractivity contribution in [1.29, 1.82) is 0 Å². The molecule has 18 heavy (non-hydrogen) atoms. The largest absolute Gasteiger partial charge is 0.496 e. The molecule has 0 N–H and O–H groups in total. The molecule has 2 rings (SSSR count). The van der Waals surface area contributed by atoms with Crippen molar-refractivity contribution in [2.24, 2.45) is 0 Å². The van der Waals surface area contributed by atoms with Crippen LogP contribution in [0.3, 0.4) is 0 Å². The summed E-state index contributed by atoms with van der Waals surface area (Å²) in [5, 5.41) is 0. The first-order valence-electron chi connectivity index (χ1n) is 6.41. The van der Waals surface area contributed by atoms with E-state index in [4.69, 9.17) is 4.74 Å². The van der Waals surface area contributed by atoms with Crippen molar-refractivity contribution in [1.82, 2.24) is 0 Å². The number of Topliss-reactive ketones (excluding diaryl/α,β-unsaturated/α-hetero) is 1. The number of ether oxygens (including phenoxy) is 1. The Hall–Kier alpha value is -1.57. The van der Waals surface area contributed by atoms with Crippen LogP contribution in [0.15, 0.2) is 30.4 Å². The normalized spacial score (nSPS) is 19.7. The van der Waals surface area contributed by atoms with Crippen molar-refractivity contribution in [2.45, 2.75) is 38.5 Å². The van der Waals surface area contributed by atoms with Gasteiger partial charge in [-0.05, 0) is 41.0 Å². The molecule has 2 heteroatoms. The Balaban J connectivity index is 2.33. The van der Waals surface area contributed by atoms with Gasteiger partial charge in [-0.3, -0.25) is 4.79 Å². The number of ketones is 1. The minimum atomic E-state index is 0.210. The standard InChI is InChI=1S/C16H20O2/c1-10(2)14-8-12(5-6-16(14)18-4)13-7-11(3)15(17)9-13/h5-6,8,10,13H,3,7,9H2,1-2,4H3. The summed E-state index contributed by atoms with van der Waals surface area (Å²) >= 11 is 0. The molecule has 1 saturated carbocycles. The van der Waals surface area contributed by atoms with Crippen molar-refractivity contribution in [3.8, 4) is 5.75 Å². The lowest BCUT2D eigenvalue weighted by molar-refractivity contribution is -0.114. The number of rotatable bonds is 3. The first kappa shape index (κ1) is 12.9. The summed E-state index contributed by atoms with van der Waals surface area (Å²) in [6, 6.07) is 6.26. The van der Waals surface area contributed by atoms with Crippen LogP contribution in [0.5, 0.6) is 5.75 Å². The lowest BCUT2D eigenvalue weighted by Crippen LogP contribution is -1.99. The molecule has 2 nitrogen and oxygen atoms in total. The van der Waals surface area contributed by atoms with Gasteiger partial charge in [-0.1, -0.05) is 32.6 Å². The number of benzene rings is 1. The van der Waals surface area contributed by atoms with Crippen LogP contribution in [0.25, 0.3) is 0 Å². The molecule has 0 amide bonds. The Kier molecular flexibility index (Phi) is 3.55.